The maximum atomic E-state index is 13.6. The molecule has 3 nitrogen and oxygen atoms in total. The Hall–Kier alpha value is -1.20. The highest BCUT2D eigenvalue weighted by atomic mass is 19.1. The monoisotopic (exact) mass is 310 g/mol. The van der Waals surface area contributed by atoms with Gasteiger partial charge in [0.1, 0.15) is 11.9 Å². The Bertz CT molecular complexity index is 484. The number of rotatable bonds is 4. The predicted octanol–water partition coefficient (Wildman–Crippen LogP) is 2.81. The van der Waals surface area contributed by atoms with Crippen molar-refractivity contribution in [1.82, 2.24) is 10.2 Å². The van der Waals surface area contributed by atoms with Gasteiger partial charge in [-0.05, 0) is 56.8 Å². The van der Waals surface area contributed by atoms with E-state index >= 15 is 0 Å². The Kier molecular flexibility index (Phi) is 5.26. The van der Waals surface area contributed by atoms with E-state index in [2.05, 4.69) is 10.2 Å². The van der Waals surface area contributed by atoms with Crippen LogP contribution in [-0.2, 0) is 0 Å². The fourth-order valence-electron chi connectivity index (χ4n) is 3.41. The van der Waals surface area contributed by atoms with Gasteiger partial charge in [-0.2, -0.15) is 0 Å². The molecule has 0 amide bonds. The maximum Gasteiger partial charge on any atom is 0.167 e. The first-order chi connectivity index (χ1) is 10.7. The van der Waals surface area contributed by atoms with Gasteiger partial charge in [-0.25, -0.2) is 8.78 Å². The van der Waals surface area contributed by atoms with Gasteiger partial charge in [0, 0.05) is 25.7 Å². The van der Waals surface area contributed by atoms with E-state index in [9.17, 15) is 8.78 Å². The number of hydrogen-bond donors (Lipinski definition) is 1. The minimum Gasteiger partial charge on any atom is -0.487 e. The second kappa shape index (κ2) is 7.38. The third-order valence-corrected chi connectivity index (χ3v) is 4.64. The summed E-state index contributed by atoms with van der Waals surface area (Å²) in [4.78, 5) is 2.48. The molecule has 3 rings (SSSR count). The minimum absolute atomic E-state index is 0.0284. The van der Waals surface area contributed by atoms with Crippen LogP contribution in [0.3, 0.4) is 0 Å². The molecule has 0 radical (unpaired) electrons. The summed E-state index contributed by atoms with van der Waals surface area (Å²) in [6.07, 6.45) is 4.41. The van der Waals surface area contributed by atoms with Crippen LogP contribution in [-0.4, -0.2) is 43.7 Å². The van der Waals surface area contributed by atoms with Crippen LogP contribution in [0.1, 0.15) is 25.7 Å². The van der Waals surface area contributed by atoms with Crippen molar-refractivity contribution in [3.63, 3.8) is 0 Å². The van der Waals surface area contributed by atoms with Crippen LogP contribution < -0.4 is 10.1 Å². The molecule has 0 saturated carbocycles. The first kappa shape index (κ1) is 15.7. The summed E-state index contributed by atoms with van der Waals surface area (Å²) in [5.41, 5.74) is 0. The summed E-state index contributed by atoms with van der Waals surface area (Å²) in [5.74, 6) is -0.270. The van der Waals surface area contributed by atoms with Crippen LogP contribution in [0.25, 0.3) is 0 Å². The molecule has 22 heavy (non-hydrogen) atoms. The van der Waals surface area contributed by atoms with Gasteiger partial charge >= 0.3 is 0 Å². The molecule has 2 aliphatic heterocycles. The van der Waals surface area contributed by atoms with Crippen molar-refractivity contribution >= 4 is 0 Å². The van der Waals surface area contributed by atoms with Gasteiger partial charge in [0.15, 0.2) is 11.6 Å². The van der Waals surface area contributed by atoms with E-state index in [1.165, 1.54) is 25.0 Å². The molecule has 0 aromatic heterocycles. The van der Waals surface area contributed by atoms with Crippen molar-refractivity contribution in [1.29, 1.82) is 0 Å². The molecular formula is C17H24F2N2O. The number of ether oxygens (including phenoxy) is 1. The standard InChI is InChI=1S/C17H24F2N2O/c18-14-3-4-17(16(19)10-14)22-15-5-8-21(9-6-15)12-13-2-1-7-20-11-13/h3-4,10,13,15,20H,1-2,5-9,11-12H2. The second-order valence-corrected chi connectivity index (χ2v) is 6.40. The van der Waals surface area contributed by atoms with E-state index in [-0.39, 0.29) is 11.9 Å². The number of halogens is 2. The lowest BCUT2D eigenvalue weighted by Crippen LogP contribution is -2.43. The van der Waals surface area contributed by atoms with Gasteiger partial charge in [-0.1, -0.05) is 0 Å². The van der Waals surface area contributed by atoms with Gasteiger partial charge in [0.25, 0.3) is 0 Å². The van der Waals surface area contributed by atoms with Gasteiger partial charge in [0.05, 0.1) is 0 Å². The van der Waals surface area contributed by atoms with Crippen LogP contribution in [0.15, 0.2) is 18.2 Å². The molecule has 2 heterocycles. The summed E-state index contributed by atoms with van der Waals surface area (Å²) in [7, 11) is 0. The fourth-order valence-corrected chi connectivity index (χ4v) is 3.41. The topological polar surface area (TPSA) is 24.5 Å². The predicted molar refractivity (Wildman–Crippen MR) is 82.0 cm³/mol. The van der Waals surface area contributed by atoms with Crippen molar-refractivity contribution < 1.29 is 13.5 Å². The molecule has 1 atom stereocenters. The Morgan fingerprint density at radius 2 is 2.00 bits per heavy atom. The van der Waals surface area contributed by atoms with Crippen LogP contribution in [0.2, 0.25) is 0 Å². The molecule has 1 aromatic rings. The third kappa shape index (κ3) is 4.17. The van der Waals surface area contributed by atoms with Crippen LogP contribution in [0, 0.1) is 17.6 Å². The molecule has 2 fully saturated rings. The van der Waals surface area contributed by atoms with E-state index < -0.39 is 11.6 Å². The van der Waals surface area contributed by atoms with Gasteiger partial charge in [0.2, 0.25) is 0 Å². The molecule has 5 heteroatoms. The maximum absolute atomic E-state index is 13.6. The molecule has 2 aliphatic rings. The molecule has 1 N–H and O–H groups in total. The molecule has 1 unspecified atom stereocenters. The van der Waals surface area contributed by atoms with E-state index in [4.69, 9.17) is 4.74 Å². The largest absolute Gasteiger partial charge is 0.487 e. The summed E-state index contributed by atoms with van der Waals surface area (Å²) >= 11 is 0. The Labute approximate surface area is 130 Å². The normalized spacial score (nSPS) is 24.4. The quantitative estimate of drug-likeness (QED) is 0.925. The summed E-state index contributed by atoms with van der Waals surface area (Å²) in [5, 5.41) is 3.45. The van der Waals surface area contributed by atoms with Gasteiger partial charge in [-0.3, -0.25) is 0 Å². The second-order valence-electron chi connectivity index (χ2n) is 6.40. The molecule has 122 valence electrons. The average Bonchev–Trinajstić information content (AvgIpc) is 2.53. The zero-order chi connectivity index (χ0) is 15.4. The van der Waals surface area contributed by atoms with Crippen LogP contribution in [0.4, 0.5) is 8.78 Å². The van der Waals surface area contributed by atoms with Crippen LogP contribution in [0.5, 0.6) is 5.75 Å². The molecule has 1 aromatic carbocycles. The summed E-state index contributed by atoms with van der Waals surface area (Å²) in [6.45, 7) is 5.39. The minimum atomic E-state index is -0.615. The molecule has 2 saturated heterocycles. The number of likely N-dealkylation sites (tertiary alicyclic amines) is 1. The lowest BCUT2D eigenvalue weighted by atomic mass is 9.97. The molecule has 0 aliphatic carbocycles. The highest BCUT2D eigenvalue weighted by Gasteiger charge is 2.24. The zero-order valence-electron chi connectivity index (χ0n) is 12.9. The van der Waals surface area contributed by atoms with Gasteiger partial charge in [-0.15, -0.1) is 0 Å². The highest BCUT2D eigenvalue weighted by molar-refractivity contribution is 5.25. The third-order valence-electron chi connectivity index (χ3n) is 4.64. The Morgan fingerprint density at radius 3 is 2.68 bits per heavy atom. The van der Waals surface area contributed by atoms with E-state index in [0.717, 1.165) is 57.5 Å². The van der Waals surface area contributed by atoms with Crippen molar-refractivity contribution in [3.8, 4) is 5.75 Å². The lowest BCUT2D eigenvalue weighted by Gasteiger charge is -2.35. The Balaban J connectivity index is 1.45. The van der Waals surface area contributed by atoms with Crippen molar-refractivity contribution in [2.45, 2.75) is 31.8 Å². The van der Waals surface area contributed by atoms with Crippen LogP contribution >= 0.6 is 0 Å². The zero-order valence-corrected chi connectivity index (χ0v) is 12.9. The number of piperidine rings is 2. The first-order valence-corrected chi connectivity index (χ1v) is 8.25. The first-order valence-electron chi connectivity index (χ1n) is 8.25. The molecule has 0 spiro atoms. The van der Waals surface area contributed by atoms with Crippen molar-refractivity contribution in [3.05, 3.63) is 29.8 Å². The van der Waals surface area contributed by atoms with E-state index in [0.29, 0.717) is 0 Å². The number of hydrogen-bond acceptors (Lipinski definition) is 3. The number of nitrogens with zero attached hydrogens (tertiary/aromatic N) is 1. The average molecular weight is 310 g/mol. The SMILES string of the molecule is Fc1ccc(OC2CCN(CC3CCCNC3)CC2)c(F)c1. The lowest BCUT2D eigenvalue weighted by molar-refractivity contribution is 0.0851. The smallest absolute Gasteiger partial charge is 0.167 e. The fraction of sp³-hybridized carbons (Fsp3) is 0.647. The Morgan fingerprint density at radius 1 is 1.18 bits per heavy atom. The highest BCUT2D eigenvalue weighted by Crippen LogP contribution is 2.23. The number of benzene rings is 1. The summed E-state index contributed by atoms with van der Waals surface area (Å²) < 4.78 is 32.2. The number of nitrogens with one attached hydrogen (secondary N) is 1. The van der Waals surface area contributed by atoms with Crippen molar-refractivity contribution in [2.75, 3.05) is 32.7 Å². The molecular weight excluding hydrogens is 286 g/mol. The van der Waals surface area contributed by atoms with Crippen molar-refractivity contribution in [2.24, 2.45) is 5.92 Å². The summed E-state index contributed by atoms with van der Waals surface area (Å²) in [6, 6.07) is 3.49. The van der Waals surface area contributed by atoms with E-state index in [1.54, 1.807) is 0 Å². The molecule has 0 bridgehead atoms. The van der Waals surface area contributed by atoms with Gasteiger partial charge < -0.3 is 15.0 Å². The van der Waals surface area contributed by atoms with E-state index in [1.807, 2.05) is 0 Å².